The number of hydrogen-bond donors (Lipinski definition) is 2. The van der Waals surface area contributed by atoms with Gasteiger partial charge in [-0.2, -0.15) is 0 Å². The molecule has 0 bridgehead atoms. The van der Waals surface area contributed by atoms with Crippen LogP contribution < -0.4 is 10.6 Å². The van der Waals surface area contributed by atoms with Gasteiger partial charge in [0.25, 0.3) is 0 Å². The van der Waals surface area contributed by atoms with Crippen LogP contribution in [0, 0.1) is 0 Å². The Morgan fingerprint density at radius 2 is 2.70 bits per heavy atom. The third kappa shape index (κ3) is 1.48. The van der Waals surface area contributed by atoms with Gasteiger partial charge in [0, 0.05) is 24.7 Å². The van der Waals surface area contributed by atoms with E-state index in [4.69, 9.17) is 0 Å². The topological polar surface area (TPSA) is 24.1 Å². The highest BCUT2D eigenvalue weighted by molar-refractivity contribution is 5.16. The molecular formula is C8H14N2. The quantitative estimate of drug-likeness (QED) is 0.535. The van der Waals surface area contributed by atoms with Crippen molar-refractivity contribution in [1.29, 1.82) is 0 Å². The molecule has 56 valence electrons. The summed E-state index contributed by atoms with van der Waals surface area (Å²) in [5.41, 5.74) is 4.21. The van der Waals surface area contributed by atoms with E-state index in [-0.39, 0.29) is 0 Å². The van der Waals surface area contributed by atoms with E-state index >= 15 is 0 Å². The Bertz CT molecular complexity index is 157. The lowest BCUT2D eigenvalue weighted by Gasteiger charge is -2.08. The summed E-state index contributed by atoms with van der Waals surface area (Å²) in [5.74, 6) is 0. The van der Waals surface area contributed by atoms with Gasteiger partial charge in [0.05, 0.1) is 0 Å². The lowest BCUT2D eigenvalue weighted by molar-refractivity contribution is 0.618. The second-order valence-corrected chi connectivity index (χ2v) is 2.44. The maximum absolute atomic E-state index is 3.63. The number of likely N-dealkylation sites (N-methyl/N-ethyl adjacent to an activating group) is 1. The van der Waals surface area contributed by atoms with Gasteiger partial charge in [-0.15, -0.1) is 5.73 Å². The summed E-state index contributed by atoms with van der Waals surface area (Å²) in [6, 6.07) is 0.475. The maximum atomic E-state index is 3.63. The van der Waals surface area contributed by atoms with Crippen LogP contribution in [0.15, 0.2) is 17.9 Å². The van der Waals surface area contributed by atoms with E-state index in [1.165, 1.54) is 5.57 Å². The van der Waals surface area contributed by atoms with Crippen molar-refractivity contribution in [3.8, 4) is 0 Å². The first-order valence-corrected chi connectivity index (χ1v) is 3.71. The van der Waals surface area contributed by atoms with Crippen molar-refractivity contribution in [3.63, 3.8) is 0 Å². The third-order valence-electron chi connectivity index (χ3n) is 1.76. The second kappa shape index (κ2) is 3.57. The monoisotopic (exact) mass is 138 g/mol. The highest BCUT2D eigenvalue weighted by Gasteiger charge is 2.17. The normalized spacial score (nSPS) is 24.9. The van der Waals surface area contributed by atoms with E-state index < -0.39 is 0 Å². The van der Waals surface area contributed by atoms with Crippen LogP contribution in [0.4, 0.5) is 0 Å². The van der Waals surface area contributed by atoms with Crippen LogP contribution in [-0.2, 0) is 0 Å². The molecule has 0 spiro atoms. The fraction of sp³-hybridized carbons (Fsp3) is 0.625. The van der Waals surface area contributed by atoms with Crippen LogP contribution in [0.2, 0.25) is 0 Å². The molecule has 1 unspecified atom stereocenters. The minimum absolute atomic E-state index is 0.475. The first-order valence-electron chi connectivity index (χ1n) is 3.71. The summed E-state index contributed by atoms with van der Waals surface area (Å²) >= 11 is 0. The first kappa shape index (κ1) is 7.55. The molecule has 2 N–H and O–H groups in total. The summed E-state index contributed by atoms with van der Waals surface area (Å²) in [5, 5.41) is 6.60. The largest absolute Gasteiger partial charge is 0.310 e. The van der Waals surface area contributed by atoms with Crippen molar-refractivity contribution in [3.05, 3.63) is 17.9 Å². The van der Waals surface area contributed by atoms with Gasteiger partial charge in [0.15, 0.2) is 0 Å². The van der Waals surface area contributed by atoms with Gasteiger partial charge in [-0.1, -0.05) is 13.5 Å². The highest BCUT2D eigenvalue weighted by atomic mass is 15.0. The van der Waals surface area contributed by atoms with E-state index in [0.717, 1.165) is 19.6 Å². The van der Waals surface area contributed by atoms with Crippen molar-refractivity contribution in [2.24, 2.45) is 0 Å². The lowest BCUT2D eigenvalue weighted by atomic mass is 10.2. The predicted molar refractivity (Wildman–Crippen MR) is 43.0 cm³/mol. The fourth-order valence-electron chi connectivity index (χ4n) is 1.23. The highest BCUT2D eigenvalue weighted by Crippen LogP contribution is 2.04. The van der Waals surface area contributed by atoms with Gasteiger partial charge in [0.2, 0.25) is 0 Å². The van der Waals surface area contributed by atoms with E-state index in [1.54, 1.807) is 0 Å². The molecule has 1 heterocycles. The minimum Gasteiger partial charge on any atom is -0.310 e. The Kier molecular flexibility index (Phi) is 2.69. The summed E-state index contributed by atoms with van der Waals surface area (Å²) in [6.45, 7) is 8.72. The van der Waals surface area contributed by atoms with E-state index in [2.05, 4.69) is 29.9 Å². The SMILES string of the molecule is C=C=C1CNCC1NCC. The lowest BCUT2D eigenvalue weighted by Crippen LogP contribution is -2.31. The Hall–Kier alpha value is -0.560. The molecule has 1 atom stereocenters. The molecule has 0 aliphatic carbocycles. The summed E-state index contributed by atoms with van der Waals surface area (Å²) in [4.78, 5) is 0. The van der Waals surface area contributed by atoms with Gasteiger partial charge in [-0.05, 0) is 6.54 Å². The molecule has 1 aliphatic heterocycles. The fourth-order valence-corrected chi connectivity index (χ4v) is 1.23. The van der Waals surface area contributed by atoms with Gasteiger partial charge in [-0.25, -0.2) is 0 Å². The minimum atomic E-state index is 0.475. The summed E-state index contributed by atoms with van der Waals surface area (Å²) in [6.07, 6.45) is 0. The van der Waals surface area contributed by atoms with Gasteiger partial charge < -0.3 is 10.6 Å². The molecule has 0 radical (unpaired) electrons. The van der Waals surface area contributed by atoms with Gasteiger partial charge >= 0.3 is 0 Å². The van der Waals surface area contributed by atoms with Crippen LogP contribution >= 0.6 is 0 Å². The van der Waals surface area contributed by atoms with Crippen molar-refractivity contribution in [1.82, 2.24) is 10.6 Å². The molecule has 0 aromatic heterocycles. The maximum Gasteiger partial charge on any atom is 0.0494 e. The molecule has 1 aliphatic rings. The molecule has 2 heteroatoms. The van der Waals surface area contributed by atoms with Crippen molar-refractivity contribution < 1.29 is 0 Å². The van der Waals surface area contributed by atoms with Crippen LogP contribution in [0.5, 0.6) is 0 Å². The Balaban J connectivity index is 2.50. The second-order valence-electron chi connectivity index (χ2n) is 2.44. The van der Waals surface area contributed by atoms with E-state index in [9.17, 15) is 0 Å². The summed E-state index contributed by atoms with van der Waals surface area (Å²) < 4.78 is 0. The molecule has 1 rings (SSSR count). The van der Waals surface area contributed by atoms with Gasteiger partial charge in [-0.3, -0.25) is 0 Å². The van der Waals surface area contributed by atoms with Crippen molar-refractivity contribution in [2.45, 2.75) is 13.0 Å². The predicted octanol–water partition coefficient (Wildman–Crippen LogP) is 0.279. The zero-order chi connectivity index (χ0) is 7.40. The molecule has 1 saturated heterocycles. The molecule has 10 heavy (non-hydrogen) atoms. The van der Waals surface area contributed by atoms with Gasteiger partial charge in [0.1, 0.15) is 0 Å². The number of nitrogens with one attached hydrogen (secondary N) is 2. The molecular weight excluding hydrogens is 124 g/mol. The van der Waals surface area contributed by atoms with Crippen molar-refractivity contribution >= 4 is 0 Å². The van der Waals surface area contributed by atoms with Crippen LogP contribution in [0.1, 0.15) is 6.92 Å². The van der Waals surface area contributed by atoms with Crippen LogP contribution in [0.3, 0.4) is 0 Å². The Morgan fingerprint density at radius 3 is 3.30 bits per heavy atom. The zero-order valence-corrected chi connectivity index (χ0v) is 6.41. The first-order chi connectivity index (χ1) is 4.88. The smallest absolute Gasteiger partial charge is 0.0494 e. The zero-order valence-electron chi connectivity index (χ0n) is 6.41. The average Bonchev–Trinajstić information content (AvgIpc) is 2.36. The number of rotatable bonds is 2. The molecule has 0 aromatic rings. The number of hydrogen-bond acceptors (Lipinski definition) is 2. The van der Waals surface area contributed by atoms with E-state index in [1.807, 2.05) is 0 Å². The third-order valence-corrected chi connectivity index (χ3v) is 1.76. The standard InChI is InChI=1S/C8H14N2/c1-3-7-5-9-6-8(7)10-4-2/h8-10H,1,4-6H2,2H3. The molecule has 0 amide bonds. The molecule has 0 aromatic carbocycles. The summed E-state index contributed by atoms with van der Waals surface area (Å²) in [7, 11) is 0. The molecule has 1 fully saturated rings. The molecule has 0 saturated carbocycles. The average molecular weight is 138 g/mol. The molecule has 2 nitrogen and oxygen atoms in total. The Labute approximate surface area is 62.0 Å². The van der Waals surface area contributed by atoms with Crippen molar-refractivity contribution in [2.75, 3.05) is 19.6 Å². The van der Waals surface area contributed by atoms with E-state index in [0.29, 0.717) is 6.04 Å². The van der Waals surface area contributed by atoms with Crippen LogP contribution in [0.25, 0.3) is 0 Å². The van der Waals surface area contributed by atoms with Crippen LogP contribution in [-0.4, -0.2) is 25.7 Å². The Morgan fingerprint density at radius 1 is 1.90 bits per heavy atom.